The second kappa shape index (κ2) is 6.09. The fraction of sp³-hybridized carbons (Fsp3) is 0.588. The minimum Gasteiger partial charge on any atom is -0.292 e. The van der Waals surface area contributed by atoms with Crippen molar-refractivity contribution in [3.05, 3.63) is 35.4 Å². The summed E-state index contributed by atoms with van der Waals surface area (Å²) in [6.07, 6.45) is 6.98. The van der Waals surface area contributed by atoms with Crippen molar-refractivity contribution in [3.63, 3.8) is 0 Å². The fourth-order valence-electron chi connectivity index (χ4n) is 3.08. The molecule has 0 aliphatic heterocycles. The van der Waals surface area contributed by atoms with E-state index >= 15 is 0 Å². The highest BCUT2D eigenvalue weighted by molar-refractivity contribution is 6.38. The summed E-state index contributed by atoms with van der Waals surface area (Å²) in [5.74, 6) is 0.530. The molecule has 1 aromatic rings. The highest BCUT2D eigenvalue weighted by Gasteiger charge is 2.40. The van der Waals surface area contributed by atoms with Gasteiger partial charge in [0.2, 0.25) is 0 Å². The first-order valence-electron chi connectivity index (χ1n) is 7.39. The van der Waals surface area contributed by atoms with E-state index in [-0.39, 0.29) is 5.78 Å². The molecular weight excluding hydrogens is 256 g/mol. The Labute approximate surface area is 121 Å². The molecule has 0 fully saturated rings. The average Bonchev–Trinajstić information content (AvgIpc) is 2.40. The third kappa shape index (κ3) is 3.20. The Bertz CT molecular complexity index is 450. The predicted octanol–water partition coefficient (Wildman–Crippen LogP) is 5.32. The molecule has 0 N–H and O–H groups in total. The van der Waals surface area contributed by atoms with Gasteiger partial charge in [-0.2, -0.15) is 0 Å². The Kier molecular flexibility index (Phi) is 4.67. The van der Waals surface area contributed by atoms with Crippen LogP contribution in [-0.2, 0) is 0 Å². The van der Waals surface area contributed by atoms with E-state index < -0.39 is 4.87 Å². The SMILES string of the molecule is CCCCCC[C@H]1C[C@@](C)(Cl)C(=O)c2ccccc21. The summed E-state index contributed by atoms with van der Waals surface area (Å²) in [7, 11) is 0. The molecule has 2 rings (SSSR count). The number of benzene rings is 1. The van der Waals surface area contributed by atoms with Crippen LogP contribution in [0.5, 0.6) is 0 Å². The maximum absolute atomic E-state index is 12.3. The highest BCUT2D eigenvalue weighted by Crippen LogP contribution is 2.42. The lowest BCUT2D eigenvalue weighted by atomic mass is 9.74. The standard InChI is InChI=1S/C17H23ClO/c1-3-4-5-6-9-13-12-17(2,18)16(19)15-11-8-7-10-14(13)15/h7-8,10-11,13H,3-6,9,12H2,1-2H3/t13-,17+/m0/s1. The van der Waals surface area contributed by atoms with Crippen LogP contribution in [0, 0.1) is 0 Å². The Morgan fingerprint density at radius 3 is 2.74 bits per heavy atom. The quantitative estimate of drug-likeness (QED) is 0.526. The minimum atomic E-state index is -0.718. The van der Waals surface area contributed by atoms with Crippen molar-refractivity contribution in [2.24, 2.45) is 0 Å². The number of rotatable bonds is 5. The van der Waals surface area contributed by atoms with Gasteiger partial charge in [-0.1, -0.05) is 56.9 Å². The number of fused-ring (bicyclic) bond motifs is 1. The van der Waals surface area contributed by atoms with Gasteiger partial charge in [0, 0.05) is 5.56 Å². The Morgan fingerprint density at radius 1 is 1.26 bits per heavy atom. The largest absolute Gasteiger partial charge is 0.292 e. The van der Waals surface area contributed by atoms with E-state index in [1.165, 1.54) is 31.2 Å². The van der Waals surface area contributed by atoms with Gasteiger partial charge in [-0.3, -0.25) is 4.79 Å². The van der Waals surface area contributed by atoms with Crippen molar-refractivity contribution in [1.82, 2.24) is 0 Å². The summed E-state index contributed by atoms with van der Waals surface area (Å²) in [6, 6.07) is 7.99. The van der Waals surface area contributed by atoms with E-state index in [2.05, 4.69) is 13.0 Å². The van der Waals surface area contributed by atoms with Crippen LogP contribution in [0.2, 0.25) is 0 Å². The average molecular weight is 279 g/mol. The number of halogens is 1. The maximum atomic E-state index is 12.3. The van der Waals surface area contributed by atoms with Gasteiger partial charge in [0.1, 0.15) is 4.87 Å². The molecule has 0 unspecified atom stereocenters. The molecule has 0 saturated carbocycles. The molecule has 0 aromatic heterocycles. The Morgan fingerprint density at radius 2 is 2.00 bits per heavy atom. The number of unbranched alkanes of at least 4 members (excludes halogenated alkanes) is 3. The van der Waals surface area contributed by atoms with Crippen molar-refractivity contribution < 1.29 is 4.79 Å². The third-order valence-corrected chi connectivity index (χ3v) is 4.48. The van der Waals surface area contributed by atoms with Crippen LogP contribution in [0.1, 0.15) is 74.2 Å². The Hall–Kier alpha value is -0.820. The van der Waals surface area contributed by atoms with E-state index in [0.29, 0.717) is 5.92 Å². The normalized spacial score (nSPS) is 26.3. The molecule has 19 heavy (non-hydrogen) atoms. The van der Waals surface area contributed by atoms with Gasteiger partial charge in [0.05, 0.1) is 0 Å². The lowest BCUT2D eigenvalue weighted by Gasteiger charge is -2.34. The number of ketones is 1. The van der Waals surface area contributed by atoms with Gasteiger partial charge >= 0.3 is 0 Å². The summed E-state index contributed by atoms with van der Waals surface area (Å²) in [5.41, 5.74) is 2.05. The highest BCUT2D eigenvalue weighted by atomic mass is 35.5. The van der Waals surface area contributed by atoms with E-state index in [1.54, 1.807) is 0 Å². The Balaban J connectivity index is 2.16. The summed E-state index contributed by atoms with van der Waals surface area (Å²) < 4.78 is 0. The molecule has 0 radical (unpaired) electrons. The monoisotopic (exact) mass is 278 g/mol. The van der Waals surface area contributed by atoms with Gasteiger partial charge in [-0.05, 0) is 31.2 Å². The molecule has 1 nitrogen and oxygen atoms in total. The van der Waals surface area contributed by atoms with E-state index in [1.807, 2.05) is 25.1 Å². The maximum Gasteiger partial charge on any atom is 0.183 e. The van der Waals surface area contributed by atoms with Crippen LogP contribution in [-0.4, -0.2) is 10.7 Å². The first-order valence-corrected chi connectivity index (χ1v) is 7.76. The second-order valence-corrected chi connectivity index (χ2v) is 6.70. The smallest absolute Gasteiger partial charge is 0.183 e. The van der Waals surface area contributed by atoms with Crippen LogP contribution in [0.4, 0.5) is 0 Å². The van der Waals surface area contributed by atoms with E-state index in [0.717, 1.165) is 18.4 Å². The van der Waals surface area contributed by atoms with E-state index in [4.69, 9.17) is 11.6 Å². The summed E-state index contributed by atoms with van der Waals surface area (Å²) in [6.45, 7) is 4.09. The van der Waals surface area contributed by atoms with Crippen LogP contribution in [0.3, 0.4) is 0 Å². The number of carbonyl (C=O) groups excluding carboxylic acids is 1. The van der Waals surface area contributed by atoms with Gasteiger partial charge < -0.3 is 0 Å². The number of carbonyl (C=O) groups is 1. The van der Waals surface area contributed by atoms with Crippen molar-refractivity contribution in [1.29, 1.82) is 0 Å². The molecule has 2 heteroatoms. The summed E-state index contributed by atoms with van der Waals surface area (Å²) in [4.78, 5) is 11.6. The van der Waals surface area contributed by atoms with E-state index in [9.17, 15) is 4.79 Å². The molecule has 1 aromatic carbocycles. The first kappa shape index (κ1) is 14.6. The lowest BCUT2D eigenvalue weighted by Crippen LogP contribution is -2.36. The summed E-state index contributed by atoms with van der Waals surface area (Å²) >= 11 is 6.44. The van der Waals surface area contributed by atoms with Crippen molar-refractivity contribution in [2.75, 3.05) is 0 Å². The van der Waals surface area contributed by atoms with Crippen molar-refractivity contribution in [3.8, 4) is 0 Å². The van der Waals surface area contributed by atoms with Gasteiger partial charge in [-0.15, -0.1) is 11.6 Å². The number of hydrogen-bond acceptors (Lipinski definition) is 1. The molecule has 104 valence electrons. The van der Waals surface area contributed by atoms with Gasteiger partial charge in [0.25, 0.3) is 0 Å². The predicted molar refractivity (Wildman–Crippen MR) is 81.1 cm³/mol. The minimum absolute atomic E-state index is 0.0922. The first-order chi connectivity index (χ1) is 9.06. The lowest BCUT2D eigenvalue weighted by molar-refractivity contribution is 0.0923. The summed E-state index contributed by atoms with van der Waals surface area (Å²) in [5, 5.41) is 0. The molecule has 0 spiro atoms. The van der Waals surface area contributed by atoms with Crippen LogP contribution < -0.4 is 0 Å². The van der Waals surface area contributed by atoms with Crippen LogP contribution in [0.25, 0.3) is 0 Å². The topological polar surface area (TPSA) is 17.1 Å². The molecule has 0 bridgehead atoms. The van der Waals surface area contributed by atoms with Crippen LogP contribution in [0.15, 0.2) is 24.3 Å². The van der Waals surface area contributed by atoms with Crippen molar-refractivity contribution >= 4 is 17.4 Å². The molecule has 1 aliphatic rings. The zero-order chi connectivity index (χ0) is 13.9. The number of alkyl halides is 1. The molecule has 2 atom stereocenters. The zero-order valence-electron chi connectivity index (χ0n) is 11.9. The second-order valence-electron chi connectivity index (χ2n) is 5.86. The fourth-order valence-corrected chi connectivity index (χ4v) is 3.37. The molecule has 0 saturated heterocycles. The zero-order valence-corrected chi connectivity index (χ0v) is 12.7. The van der Waals surface area contributed by atoms with Gasteiger partial charge in [0.15, 0.2) is 5.78 Å². The van der Waals surface area contributed by atoms with Crippen molar-refractivity contribution in [2.45, 2.75) is 63.2 Å². The van der Waals surface area contributed by atoms with Gasteiger partial charge in [-0.25, -0.2) is 0 Å². The molecule has 1 aliphatic carbocycles. The van der Waals surface area contributed by atoms with Crippen LogP contribution >= 0.6 is 11.6 Å². The number of Topliss-reactive ketones (excluding diaryl/α,β-unsaturated/α-hetero) is 1. The molecule has 0 amide bonds. The molecule has 0 heterocycles. The third-order valence-electron chi connectivity index (χ3n) is 4.15. The number of hydrogen-bond donors (Lipinski definition) is 0. The molecular formula is C17H23ClO.